The normalized spacial score (nSPS) is 27.7. The molecule has 3 atom stereocenters. The number of carbonyl (C=O) groups is 2. The predicted octanol–water partition coefficient (Wildman–Crippen LogP) is 3.70. The van der Waals surface area contributed by atoms with Crippen molar-refractivity contribution in [3.63, 3.8) is 0 Å². The number of imide groups is 1. The van der Waals surface area contributed by atoms with Gasteiger partial charge in [-0.25, -0.2) is 9.69 Å². The van der Waals surface area contributed by atoms with Crippen LogP contribution in [-0.4, -0.2) is 23.5 Å². The van der Waals surface area contributed by atoms with Crippen molar-refractivity contribution < 1.29 is 14.3 Å². The van der Waals surface area contributed by atoms with Crippen LogP contribution in [0.5, 0.6) is 0 Å². The Morgan fingerprint density at radius 3 is 2.68 bits per heavy atom. The van der Waals surface area contributed by atoms with Gasteiger partial charge >= 0.3 is 6.09 Å². The first-order valence-electron chi connectivity index (χ1n) is 7.78. The summed E-state index contributed by atoms with van der Waals surface area (Å²) in [6, 6.07) is 9.29. The zero-order chi connectivity index (χ0) is 15.7. The number of carbonyl (C=O) groups excluding carboxylic acids is 2. The molecule has 1 aliphatic carbocycles. The molecule has 4 nitrogen and oxygen atoms in total. The number of hydrogen-bond acceptors (Lipinski definition) is 3. The average molecular weight is 299 g/mol. The Balaban J connectivity index is 1.78. The van der Waals surface area contributed by atoms with Gasteiger partial charge < -0.3 is 4.74 Å². The molecule has 0 bridgehead atoms. The van der Waals surface area contributed by atoms with E-state index in [9.17, 15) is 9.59 Å². The Kier molecular flexibility index (Phi) is 4.01. The van der Waals surface area contributed by atoms with E-state index in [0.29, 0.717) is 12.3 Å². The molecular formula is C18H21NO3. The van der Waals surface area contributed by atoms with Crippen molar-refractivity contribution in [1.29, 1.82) is 0 Å². The number of ether oxygens (including phenoxy) is 1. The molecule has 2 aliphatic rings. The first kappa shape index (κ1) is 14.8. The Labute approximate surface area is 130 Å². The van der Waals surface area contributed by atoms with Gasteiger partial charge in [0.2, 0.25) is 5.91 Å². The molecule has 4 heteroatoms. The van der Waals surface area contributed by atoms with Crippen molar-refractivity contribution in [3.05, 3.63) is 47.5 Å². The number of nitrogens with zero attached hydrogens (tertiary/aromatic N) is 1. The third-order valence-electron chi connectivity index (χ3n) is 4.80. The van der Waals surface area contributed by atoms with Crippen LogP contribution in [0.4, 0.5) is 4.79 Å². The number of rotatable bonds is 3. The molecule has 1 fully saturated rings. The summed E-state index contributed by atoms with van der Waals surface area (Å²) in [7, 11) is 0. The lowest BCUT2D eigenvalue weighted by molar-refractivity contribution is -0.130. The predicted molar refractivity (Wildman–Crippen MR) is 83.0 cm³/mol. The van der Waals surface area contributed by atoms with Gasteiger partial charge in [-0.1, -0.05) is 48.9 Å². The summed E-state index contributed by atoms with van der Waals surface area (Å²) in [6.45, 7) is 4.46. The molecule has 116 valence electrons. The summed E-state index contributed by atoms with van der Waals surface area (Å²) < 4.78 is 5.12. The van der Waals surface area contributed by atoms with Crippen molar-refractivity contribution in [1.82, 2.24) is 4.90 Å². The fraction of sp³-hybridized carbons (Fsp3) is 0.444. The highest BCUT2D eigenvalue weighted by atomic mass is 16.6. The maximum atomic E-state index is 12.7. The van der Waals surface area contributed by atoms with Crippen LogP contribution in [0.2, 0.25) is 0 Å². The molecule has 1 aliphatic heterocycles. The van der Waals surface area contributed by atoms with Gasteiger partial charge in [-0.05, 0) is 30.7 Å². The summed E-state index contributed by atoms with van der Waals surface area (Å²) in [5, 5.41) is 0. The Bertz CT molecular complexity index is 608. The van der Waals surface area contributed by atoms with E-state index in [1.54, 1.807) is 0 Å². The molecule has 0 saturated carbocycles. The highest BCUT2D eigenvalue weighted by Crippen LogP contribution is 2.36. The molecule has 0 radical (unpaired) electrons. The van der Waals surface area contributed by atoms with Crippen molar-refractivity contribution in [2.24, 2.45) is 11.8 Å². The summed E-state index contributed by atoms with van der Waals surface area (Å²) in [4.78, 5) is 26.0. The second-order valence-corrected chi connectivity index (χ2v) is 6.24. The monoisotopic (exact) mass is 299 g/mol. The van der Waals surface area contributed by atoms with Crippen LogP contribution in [0.15, 0.2) is 42.0 Å². The summed E-state index contributed by atoms with van der Waals surface area (Å²) >= 11 is 0. The largest absolute Gasteiger partial charge is 0.446 e. The van der Waals surface area contributed by atoms with E-state index in [2.05, 4.69) is 19.9 Å². The zero-order valence-electron chi connectivity index (χ0n) is 13.0. The number of hydrogen-bond donors (Lipinski definition) is 0. The van der Waals surface area contributed by atoms with E-state index in [-0.39, 0.29) is 24.5 Å². The fourth-order valence-corrected chi connectivity index (χ4v) is 3.40. The average Bonchev–Trinajstić information content (AvgIpc) is 3.05. The van der Waals surface area contributed by atoms with Crippen molar-refractivity contribution in [2.45, 2.75) is 32.7 Å². The first-order valence-corrected chi connectivity index (χ1v) is 7.78. The quantitative estimate of drug-likeness (QED) is 0.800. The van der Waals surface area contributed by atoms with E-state index in [1.807, 2.05) is 30.3 Å². The topological polar surface area (TPSA) is 46.6 Å². The molecule has 1 aromatic rings. The van der Waals surface area contributed by atoms with Crippen molar-refractivity contribution >= 4 is 12.0 Å². The molecule has 1 aromatic carbocycles. The van der Waals surface area contributed by atoms with Crippen LogP contribution in [0, 0.1) is 11.8 Å². The van der Waals surface area contributed by atoms with Gasteiger partial charge in [0.15, 0.2) is 0 Å². The Morgan fingerprint density at radius 1 is 1.32 bits per heavy atom. The van der Waals surface area contributed by atoms with Crippen LogP contribution < -0.4 is 0 Å². The standard InChI is InChI=1S/C18H21NO3/c1-12-8-9-13(2)15(12)10-17(20)19-16(11-22-18(19)21)14-6-4-3-5-7-14/h3-8,13,15-16H,9-11H2,1-2H3/t13-,15+,16-/m1/s1. The van der Waals surface area contributed by atoms with Gasteiger partial charge in [0, 0.05) is 6.42 Å². The highest BCUT2D eigenvalue weighted by molar-refractivity contribution is 5.94. The zero-order valence-corrected chi connectivity index (χ0v) is 13.0. The van der Waals surface area contributed by atoms with Crippen LogP contribution >= 0.6 is 0 Å². The number of benzene rings is 1. The van der Waals surface area contributed by atoms with E-state index in [0.717, 1.165) is 12.0 Å². The molecule has 3 rings (SSSR count). The summed E-state index contributed by atoms with van der Waals surface area (Å²) in [5.74, 6) is 0.554. The van der Waals surface area contributed by atoms with Crippen LogP contribution in [0.1, 0.15) is 38.3 Å². The third kappa shape index (κ3) is 2.65. The summed E-state index contributed by atoms with van der Waals surface area (Å²) in [5.41, 5.74) is 2.19. The van der Waals surface area contributed by atoms with Crippen LogP contribution in [-0.2, 0) is 9.53 Å². The molecule has 1 heterocycles. The van der Waals surface area contributed by atoms with Gasteiger partial charge in [-0.15, -0.1) is 0 Å². The lowest BCUT2D eigenvalue weighted by atomic mass is 9.89. The van der Waals surface area contributed by atoms with E-state index in [4.69, 9.17) is 4.74 Å². The van der Waals surface area contributed by atoms with Crippen LogP contribution in [0.3, 0.4) is 0 Å². The molecule has 1 saturated heterocycles. The molecule has 0 N–H and O–H groups in total. The lowest BCUT2D eigenvalue weighted by Crippen LogP contribution is -2.35. The molecular weight excluding hydrogens is 278 g/mol. The number of cyclic esters (lactones) is 1. The first-order chi connectivity index (χ1) is 10.6. The van der Waals surface area contributed by atoms with Gasteiger partial charge in [0.25, 0.3) is 0 Å². The highest BCUT2D eigenvalue weighted by Gasteiger charge is 2.40. The Morgan fingerprint density at radius 2 is 2.05 bits per heavy atom. The maximum Gasteiger partial charge on any atom is 0.417 e. The second-order valence-electron chi connectivity index (χ2n) is 6.24. The third-order valence-corrected chi connectivity index (χ3v) is 4.80. The van der Waals surface area contributed by atoms with Gasteiger partial charge in [0.1, 0.15) is 12.6 Å². The van der Waals surface area contributed by atoms with Gasteiger partial charge in [0.05, 0.1) is 0 Å². The molecule has 0 aromatic heterocycles. The second kappa shape index (κ2) is 5.95. The number of amides is 2. The summed E-state index contributed by atoms with van der Waals surface area (Å²) in [6.07, 6.45) is 3.06. The number of allylic oxidation sites excluding steroid dienone is 2. The van der Waals surface area contributed by atoms with E-state index in [1.165, 1.54) is 10.5 Å². The fourth-order valence-electron chi connectivity index (χ4n) is 3.40. The molecule has 0 spiro atoms. The van der Waals surface area contributed by atoms with Crippen molar-refractivity contribution in [3.8, 4) is 0 Å². The minimum absolute atomic E-state index is 0.136. The molecule has 0 unspecified atom stereocenters. The molecule has 22 heavy (non-hydrogen) atoms. The SMILES string of the molecule is CC1=CC[C@@H](C)[C@H]1CC(=O)N1C(=O)OC[C@@H]1c1ccccc1. The van der Waals surface area contributed by atoms with E-state index >= 15 is 0 Å². The van der Waals surface area contributed by atoms with Gasteiger partial charge in [-0.2, -0.15) is 0 Å². The minimum atomic E-state index is -0.522. The molecule has 2 amide bonds. The van der Waals surface area contributed by atoms with E-state index < -0.39 is 6.09 Å². The van der Waals surface area contributed by atoms with Crippen molar-refractivity contribution in [2.75, 3.05) is 6.61 Å². The minimum Gasteiger partial charge on any atom is -0.446 e. The van der Waals surface area contributed by atoms with Crippen LogP contribution in [0.25, 0.3) is 0 Å². The lowest BCUT2D eigenvalue weighted by Gasteiger charge is -2.23. The smallest absolute Gasteiger partial charge is 0.417 e. The van der Waals surface area contributed by atoms with Gasteiger partial charge in [-0.3, -0.25) is 4.79 Å². The Hall–Kier alpha value is -2.10. The maximum absolute atomic E-state index is 12.7.